The third-order valence-electron chi connectivity index (χ3n) is 9.79. The number of benzene rings is 1. The third-order valence-corrected chi connectivity index (χ3v) is 18.8. The molecule has 0 bridgehead atoms. The lowest BCUT2D eigenvalue weighted by molar-refractivity contribution is -0.166. The normalized spacial score (nSPS) is 22.6. The van der Waals surface area contributed by atoms with Crippen molar-refractivity contribution in [1.29, 1.82) is 0 Å². The summed E-state index contributed by atoms with van der Waals surface area (Å²) in [4.78, 5) is 32.0. The van der Waals surface area contributed by atoms with Crippen molar-refractivity contribution in [2.45, 2.75) is 148 Å². The maximum Gasteiger partial charge on any atom is 0.434 e. The summed E-state index contributed by atoms with van der Waals surface area (Å²) >= 11 is 0. The highest BCUT2D eigenvalue weighted by Gasteiger charge is 2.54. The van der Waals surface area contributed by atoms with Crippen molar-refractivity contribution in [3.63, 3.8) is 0 Å². The van der Waals surface area contributed by atoms with Gasteiger partial charge in [0.25, 0.3) is 0 Å². The molecule has 1 aromatic carbocycles. The number of carbonyl (C=O) groups is 2. The summed E-state index contributed by atoms with van der Waals surface area (Å²) in [6.07, 6.45) is -2.54. The van der Waals surface area contributed by atoms with Crippen LogP contribution in [0.25, 0.3) is 0 Å². The fourth-order valence-electron chi connectivity index (χ4n) is 4.77. The predicted molar refractivity (Wildman–Crippen MR) is 186 cm³/mol. The van der Waals surface area contributed by atoms with Gasteiger partial charge in [-0.15, -0.1) is 0 Å². The first-order chi connectivity index (χ1) is 20.8. The van der Waals surface area contributed by atoms with Crippen molar-refractivity contribution in [3.05, 3.63) is 35.9 Å². The second kappa shape index (κ2) is 14.8. The van der Waals surface area contributed by atoms with E-state index in [1.54, 1.807) is 0 Å². The minimum Gasteiger partial charge on any atom is -0.438 e. The smallest absolute Gasteiger partial charge is 0.434 e. The third kappa shape index (κ3) is 10.3. The maximum absolute atomic E-state index is 14.3. The summed E-state index contributed by atoms with van der Waals surface area (Å²) in [5.41, 5.74) is -0.0769. The zero-order valence-electron chi connectivity index (χ0n) is 31.3. The van der Waals surface area contributed by atoms with E-state index in [1.165, 1.54) is 14.2 Å². The number of hydrogen-bond acceptors (Lipinski definition) is 8. The SMILES string of the molecule is CON(C)C(=O)O[C@H](c1ccccc1)[C@H](C)NC(=O)[C@H](C[C@H]1OC(C)(C)O[C@]1(C)CO[Si](C)(C)C(C)(C)C)O[Si](C)(C)C(C)(C)C. The van der Waals surface area contributed by atoms with Crippen LogP contribution in [0.5, 0.6) is 0 Å². The van der Waals surface area contributed by atoms with Gasteiger partial charge in [-0.25, -0.2) is 4.79 Å². The van der Waals surface area contributed by atoms with E-state index in [0.717, 1.165) is 10.6 Å². The molecule has 12 heteroatoms. The molecule has 1 N–H and O–H groups in total. The lowest BCUT2D eigenvalue weighted by Gasteiger charge is -2.41. The Labute approximate surface area is 280 Å². The van der Waals surface area contributed by atoms with Gasteiger partial charge in [-0.2, -0.15) is 5.06 Å². The molecule has 2 rings (SSSR count). The molecule has 1 heterocycles. The van der Waals surface area contributed by atoms with Crippen LogP contribution >= 0.6 is 0 Å². The molecular formula is C34H62N2O8Si2. The Morgan fingerprint density at radius 3 is 2.02 bits per heavy atom. The standard InChI is InChI=1S/C34H62N2O8Si2/c1-24(28(25-20-18-17-19-21-25)41-30(38)36(11)39-12)35-29(37)26(43-46(15,16)32(5,6)7)22-27-34(10,44-33(8,9)42-27)23-40-45(13,14)31(2,3)4/h17-21,24,26-28H,22-23H2,1-16H3,(H,35,37)/t24-,26-,27+,28-,34+/m0/s1. The zero-order valence-corrected chi connectivity index (χ0v) is 33.3. The van der Waals surface area contributed by atoms with E-state index in [2.05, 4.69) is 73.0 Å². The van der Waals surface area contributed by atoms with Crippen LogP contribution in [0.3, 0.4) is 0 Å². The van der Waals surface area contributed by atoms with E-state index >= 15 is 0 Å². The highest BCUT2D eigenvalue weighted by molar-refractivity contribution is 6.74. The molecule has 0 saturated carbocycles. The summed E-state index contributed by atoms with van der Waals surface area (Å²) in [5, 5.41) is 3.99. The van der Waals surface area contributed by atoms with Gasteiger partial charge in [0.2, 0.25) is 5.91 Å². The highest BCUT2D eigenvalue weighted by atomic mass is 28.4. The summed E-state index contributed by atoms with van der Waals surface area (Å²) in [6.45, 7) is 29.6. The summed E-state index contributed by atoms with van der Waals surface area (Å²) in [6, 6.07) is 8.72. The highest BCUT2D eigenvalue weighted by Crippen LogP contribution is 2.44. The van der Waals surface area contributed by atoms with Crippen LogP contribution in [-0.4, -0.2) is 84.1 Å². The molecule has 10 nitrogen and oxygen atoms in total. The lowest BCUT2D eigenvalue weighted by atomic mass is 9.94. The fraction of sp³-hybridized carbons (Fsp3) is 0.765. The molecule has 0 unspecified atom stereocenters. The van der Waals surface area contributed by atoms with Crippen LogP contribution in [0, 0.1) is 0 Å². The van der Waals surface area contributed by atoms with Gasteiger partial charge in [0.1, 0.15) is 17.8 Å². The molecule has 0 radical (unpaired) electrons. The van der Waals surface area contributed by atoms with Crippen LogP contribution in [-0.2, 0) is 32.7 Å². The van der Waals surface area contributed by atoms with Gasteiger partial charge in [-0.05, 0) is 69.5 Å². The molecule has 1 saturated heterocycles. The van der Waals surface area contributed by atoms with Gasteiger partial charge < -0.3 is 28.4 Å². The quantitative estimate of drug-likeness (QED) is 0.168. The molecule has 46 heavy (non-hydrogen) atoms. The number of nitrogens with zero attached hydrogens (tertiary/aromatic N) is 1. The van der Waals surface area contributed by atoms with Crippen molar-refractivity contribution < 1.29 is 37.5 Å². The zero-order chi connectivity index (χ0) is 35.5. The molecule has 0 aliphatic carbocycles. The number of hydrogen-bond donors (Lipinski definition) is 1. The minimum atomic E-state index is -2.44. The number of hydroxylamine groups is 2. The average molecular weight is 683 g/mol. The molecule has 1 fully saturated rings. The molecule has 1 aromatic rings. The van der Waals surface area contributed by atoms with E-state index in [4.69, 9.17) is 27.9 Å². The first kappa shape index (κ1) is 40.4. The second-order valence-electron chi connectivity index (χ2n) is 16.3. The number of carbonyl (C=O) groups excluding carboxylic acids is 2. The van der Waals surface area contributed by atoms with Gasteiger partial charge in [-0.3, -0.25) is 9.63 Å². The lowest BCUT2D eigenvalue weighted by Crippen LogP contribution is -2.54. The molecule has 0 spiro atoms. The van der Waals surface area contributed by atoms with Crippen LogP contribution < -0.4 is 5.32 Å². The van der Waals surface area contributed by atoms with Crippen molar-refractivity contribution >= 4 is 28.6 Å². The minimum absolute atomic E-state index is 0.0225. The largest absolute Gasteiger partial charge is 0.438 e. The van der Waals surface area contributed by atoms with Crippen LogP contribution in [0.4, 0.5) is 4.79 Å². The predicted octanol–water partition coefficient (Wildman–Crippen LogP) is 7.57. The Morgan fingerprint density at radius 2 is 1.52 bits per heavy atom. The molecule has 2 amide bonds. The first-order valence-corrected chi connectivity index (χ1v) is 22.1. The molecule has 0 aromatic heterocycles. The Hall–Kier alpha value is -1.81. The average Bonchev–Trinajstić information content (AvgIpc) is 3.16. The van der Waals surface area contributed by atoms with Crippen LogP contribution in [0.2, 0.25) is 36.3 Å². The fourth-order valence-corrected chi connectivity index (χ4v) is 7.11. The Kier molecular flexibility index (Phi) is 12.9. The van der Waals surface area contributed by atoms with E-state index < -0.39 is 58.5 Å². The van der Waals surface area contributed by atoms with Gasteiger partial charge in [0.15, 0.2) is 22.4 Å². The molecule has 1 aliphatic heterocycles. The monoisotopic (exact) mass is 682 g/mol. The Balaban J connectivity index is 2.44. The second-order valence-corrected chi connectivity index (χ2v) is 25.8. The Morgan fingerprint density at radius 1 is 0.978 bits per heavy atom. The van der Waals surface area contributed by atoms with Crippen molar-refractivity contribution in [2.24, 2.45) is 0 Å². The first-order valence-electron chi connectivity index (χ1n) is 16.3. The number of rotatable bonds is 13. The van der Waals surface area contributed by atoms with E-state index in [9.17, 15) is 9.59 Å². The van der Waals surface area contributed by atoms with Gasteiger partial charge >= 0.3 is 6.09 Å². The Bertz CT molecular complexity index is 1170. The van der Waals surface area contributed by atoms with Crippen LogP contribution in [0.1, 0.15) is 87.3 Å². The summed E-state index contributed by atoms with van der Waals surface area (Å²) in [7, 11) is -1.69. The number of ether oxygens (including phenoxy) is 3. The van der Waals surface area contributed by atoms with Gasteiger partial charge in [0.05, 0.1) is 25.9 Å². The number of nitrogens with one attached hydrogen (secondary N) is 1. The number of amides is 2. The van der Waals surface area contributed by atoms with Crippen molar-refractivity contribution in [3.8, 4) is 0 Å². The van der Waals surface area contributed by atoms with Gasteiger partial charge in [0, 0.05) is 13.5 Å². The van der Waals surface area contributed by atoms with E-state index in [1.807, 2.05) is 58.0 Å². The van der Waals surface area contributed by atoms with E-state index in [-0.39, 0.29) is 22.4 Å². The topological polar surface area (TPSA) is 105 Å². The van der Waals surface area contributed by atoms with E-state index in [0.29, 0.717) is 6.61 Å². The van der Waals surface area contributed by atoms with Crippen molar-refractivity contribution in [1.82, 2.24) is 10.4 Å². The van der Waals surface area contributed by atoms with Crippen LogP contribution in [0.15, 0.2) is 30.3 Å². The summed E-state index contributed by atoms with van der Waals surface area (Å²) in [5.74, 6) is -1.18. The molecule has 5 atom stereocenters. The molecule has 1 aliphatic rings. The molecule has 264 valence electrons. The summed E-state index contributed by atoms with van der Waals surface area (Å²) < 4.78 is 32.3. The van der Waals surface area contributed by atoms with Gasteiger partial charge in [-0.1, -0.05) is 71.9 Å². The maximum atomic E-state index is 14.3. The molecular weight excluding hydrogens is 621 g/mol. The van der Waals surface area contributed by atoms with Crippen molar-refractivity contribution in [2.75, 3.05) is 20.8 Å².